The summed E-state index contributed by atoms with van der Waals surface area (Å²) < 4.78 is 5.05. The maximum atomic E-state index is 11.9. The van der Waals surface area contributed by atoms with Crippen molar-refractivity contribution in [3.63, 3.8) is 0 Å². The molecule has 1 aromatic rings. The molecule has 0 unspecified atom stereocenters. The van der Waals surface area contributed by atoms with E-state index >= 15 is 0 Å². The number of nitrogen functional groups attached to an aromatic ring is 1. The first-order valence-corrected chi connectivity index (χ1v) is 7.25. The molecular formula is C16H24N2O2. The van der Waals surface area contributed by atoms with E-state index in [9.17, 15) is 4.79 Å². The van der Waals surface area contributed by atoms with Gasteiger partial charge in [0.15, 0.2) is 0 Å². The third-order valence-corrected chi connectivity index (χ3v) is 3.82. The molecule has 110 valence electrons. The first-order chi connectivity index (χ1) is 9.44. The quantitative estimate of drug-likeness (QED) is 0.681. The molecule has 1 heterocycles. The summed E-state index contributed by atoms with van der Waals surface area (Å²) in [5.74, 6) is -0.344. The molecule has 0 aliphatic carbocycles. The van der Waals surface area contributed by atoms with Crippen LogP contribution < -0.4 is 10.6 Å². The SMILES string of the molecule is CCOC(=O)c1cccc(N2CCCC(C)(C)C2)c1N. The third-order valence-electron chi connectivity index (χ3n) is 3.82. The zero-order valence-corrected chi connectivity index (χ0v) is 12.6. The maximum Gasteiger partial charge on any atom is 0.340 e. The van der Waals surface area contributed by atoms with Crippen LogP contribution >= 0.6 is 0 Å². The van der Waals surface area contributed by atoms with E-state index in [1.807, 2.05) is 12.1 Å². The van der Waals surface area contributed by atoms with E-state index in [1.165, 1.54) is 6.42 Å². The lowest BCUT2D eigenvalue weighted by atomic mass is 9.84. The zero-order chi connectivity index (χ0) is 14.8. The van der Waals surface area contributed by atoms with Crippen LogP contribution in [0.1, 0.15) is 44.0 Å². The van der Waals surface area contributed by atoms with Crippen molar-refractivity contribution in [2.75, 3.05) is 30.3 Å². The van der Waals surface area contributed by atoms with E-state index < -0.39 is 0 Å². The van der Waals surface area contributed by atoms with Crippen molar-refractivity contribution < 1.29 is 9.53 Å². The van der Waals surface area contributed by atoms with Gasteiger partial charge in [0.25, 0.3) is 0 Å². The van der Waals surface area contributed by atoms with Crippen molar-refractivity contribution in [1.82, 2.24) is 0 Å². The van der Waals surface area contributed by atoms with E-state index in [0.29, 0.717) is 17.9 Å². The van der Waals surface area contributed by atoms with Gasteiger partial charge in [0.2, 0.25) is 0 Å². The summed E-state index contributed by atoms with van der Waals surface area (Å²) in [7, 11) is 0. The lowest BCUT2D eigenvalue weighted by Gasteiger charge is -2.40. The number of hydrogen-bond donors (Lipinski definition) is 1. The predicted molar refractivity (Wildman–Crippen MR) is 82.0 cm³/mol. The van der Waals surface area contributed by atoms with Gasteiger partial charge in [0, 0.05) is 13.1 Å². The van der Waals surface area contributed by atoms with Gasteiger partial charge < -0.3 is 15.4 Å². The summed E-state index contributed by atoms with van der Waals surface area (Å²) in [5, 5.41) is 0. The van der Waals surface area contributed by atoms with Gasteiger partial charge in [-0.25, -0.2) is 4.79 Å². The second-order valence-electron chi connectivity index (χ2n) is 6.15. The molecular weight excluding hydrogens is 252 g/mol. The van der Waals surface area contributed by atoms with Crippen LogP contribution in [0.25, 0.3) is 0 Å². The number of anilines is 2. The first kappa shape index (κ1) is 14.7. The summed E-state index contributed by atoms with van der Waals surface area (Å²) in [6, 6.07) is 5.59. The highest BCUT2D eigenvalue weighted by Gasteiger charge is 2.28. The number of hydrogen-bond acceptors (Lipinski definition) is 4. The number of carbonyl (C=O) groups is 1. The smallest absolute Gasteiger partial charge is 0.340 e. The molecule has 4 heteroatoms. The van der Waals surface area contributed by atoms with Gasteiger partial charge in [-0.2, -0.15) is 0 Å². The van der Waals surface area contributed by atoms with E-state index in [0.717, 1.165) is 25.2 Å². The number of rotatable bonds is 3. The van der Waals surface area contributed by atoms with Crippen LogP contribution in [0.4, 0.5) is 11.4 Å². The van der Waals surface area contributed by atoms with Crippen molar-refractivity contribution in [2.45, 2.75) is 33.6 Å². The van der Waals surface area contributed by atoms with E-state index in [-0.39, 0.29) is 11.4 Å². The summed E-state index contributed by atoms with van der Waals surface area (Å²) in [6.07, 6.45) is 2.37. The minimum Gasteiger partial charge on any atom is -0.462 e. The standard InChI is InChI=1S/C16H24N2O2/c1-4-20-15(19)12-7-5-8-13(14(12)17)18-10-6-9-16(2,3)11-18/h5,7-8H,4,6,9-11,17H2,1-3H3. The van der Waals surface area contributed by atoms with Crippen molar-refractivity contribution >= 4 is 17.3 Å². The van der Waals surface area contributed by atoms with Gasteiger partial charge in [-0.3, -0.25) is 0 Å². The maximum absolute atomic E-state index is 11.9. The molecule has 0 spiro atoms. The molecule has 1 aliphatic rings. The monoisotopic (exact) mass is 276 g/mol. The summed E-state index contributed by atoms with van der Waals surface area (Å²) >= 11 is 0. The molecule has 0 saturated carbocycles. The minimum atomic E-state index is -0.344. The summed E-state index contributed by atoms with van der Waals surface area (Å²) in [6.45, 7) is 8.64. The molecule has 0 amide bonds. The number of para-hydroxylation sites is 1. The second kappa shape index (κ2) is 5.73. The molecule has 1 aliphatic heterocycles. The third kappa shape index (κ3) is 3.06. The van der Waals surface area contributed by atoms with E-state index in [2.05, 4.69) is 18.7 Å². The first-order valence-electron chi connectivity index (χ1n) is 7.25. The number of nitrogens with two attached hydrogens (primary N) is 1. The molecule has 0 bridgehead atoms. The highest BCUT2D eigenvalue weighted by Crippen LogP contribution is 2.35. The predicted octanol–water partition coefficient (Wildman–Crippen LogP) is 3.07. The van der Waals surface area contributed by atoms with Crippen LogP contribution in [0.2, 0.25) is 0 Å². The van der Waals surface area contributed by atoms with Gasteiger partial charge in [-0.15, -0.1) is 0 Å². The fourth-order valence-electron chi connectivity index (χ4n) is 2.84. The van der Waals surface area contributed by atoms with Gasteiger partial charge in [0.1, 0.15) is 0 Å². The van der Waals surface area contributed by atoms with Crippen molar-refractivity contribution in [1.29, 1.82) is 0 Å². The number of benzene rings is 1. The molecule has 2 rings (SSSR count). The molecule has 0 radical (unpaired) electrons. The second-order valence-corrected chi connectivity index (χ2v) is 6.15. The Labute approximate surface area is 120 Å². The topological polar surface area (TPSA) is 55.6 Å². The van der Waals surface area contributed by atoms with Crippen molar-refractivity contribution in [2.24, 2.45) is 5.41 Å². The van der Waals surface area contributed by atoms with Crippen LogP contribution in [0.3, 0.4) is 0 Å². The Bertz CT molecular complexity index is 497. The molecule has 1 aromatic carbocycles. The minimum absolute atomic E-state index is 0.282. The van der Waals surface area contributed by atoms with Crippen molar-refractivity contribution in [3.05, 3.63) is 23.8 Å². The number of esters is 1. The van der Waals surface area contributed by atoms with Crippen LogP contribution in [-0.2, 0) is 4.74 Å². The summed E-state index contributed by atoms with van der Waals surface area (Å²) in [5.41, 5.74) is 8.42. The Morgan fingerprint density at radius 1 is 1.45 bits per heavy atom. The number of ether oxygens (including phenoxy) is 1. The van der Waals surface area contributed by atoms with Crippen LogP contribution in [0, 0.1) is 5.41 Å². The van der Waals surface area contributed by atoms with Crippen LogP contribution in [-0.4, -0.2) is 25.7 Å². The largest absolute Gasteiger partial charge is 0.462 e. The highest BCUT2D eigenvalue weighted by atomic mass is 16.5. The number of carbonyl (C=O) groups excluding carboxylic acids is 1. The van der Waals surface area contributed by atoms with Gasteiger partial charge in [-0.05, 0) is 37.3 Å². The van der Waals surface area contributed by atoms with Crippen LogP contribution in [0.5, 0.6) is 0 Å². The van der Waals surface area contributed by atoms with Crippen LogP contribution in [0.15, 0.2) is 18.2 Å². The lowest BCUT2D eigenvalue weighted by molar-refractivity contribution is 0.0527. The summed E-state index contributed by atoms with van der Waals surface area (Å²) in [4.78, 5) is 14.2. The molecule has 0 aromatic heterocycles. The molecule has 4 nitrogen and oxygen atoms in total. The van der Waals surface area contributed by atoms with Gasteiger partial charge >= 0.3 is 5.97 Å². The Balaban J connectivity index is 2.28. The molecule has 0 atom stereocenters. The van der Waals surface area contributed by atoms with E-state index in [4.69, 9.17) is 10.5 Å². The molecule has 2 N–H and O–H groups in total. The normalized spacial score (nSPS) is 17.9. The zero-order valence-electron chi connectivity index (χ0n) is 12.6. The van der Waals surface area contributed by atoms with E-state index in [1.54, 1.807) is 13.0 Å². The average Bonchev–Trinajstić information content (AvgIpc) is 2.38. The highest BCUT2D eigenvalue weighted by molar-refractivity contribution is 5.98. The van der Waals surface area contributed by atoms with Gasteiger partial charge in [-0.1, -0.05) is 19.9 Å². The lowest BCUT2D eigenvalue weighted by Crippen LogP contribution is -2.40. The Hall–Kier alpha value is -1.71. The molecule has 20 heavy (non-hydrogen) atoms. The fourth-order valence-corrected chi connectivity index (χ4v) is 2.84. The number of nitrogens with zero attached hydrogens (tertiary/aromatic N) is 1. The van der Waals surface area contributed by atoms with Crippen molar-refractivity contribution in [3.8, 4) is 0 Å². The number of piperidine rings is 1. The Kier molecular flexibility index (Phi) is 4.21. The fraction of sp³-hybridized carbons (Fsp3) is 0.562. The molecule has 1 fully saturated rings. The van der Waals surface area contributed by atoms with Gasteiger partial charge in [0.05, 0.1) is 23.5 Å². The average molecular weight is 276 g/mol. The Morgan fingerprint density at radius 2 is 2.20 bits per heavy atom. The molecule has 1 saturated heterocycles. The Morgan fingerprint density at radius 3 is 2.85 bits per heavy atom.